The second kappa shape index (κ2) is 7.86. The number of piperidine rings is 1. The molecule has 140 valence electrons. The average molecular weight is 358 g/mol. The molecule has 0 aromatic carbocycles. The van der Waals surface area contributed by atoms with E-state index in [1.165, 1.54) is 0 Å². The quantitative estimate of drug-likeness (QED) is 0.823. The van der Waals surface area contributed by atoms with Crippen LogP contribution < -0.4 is 4.90 Å². The molecule has 0 amide bonds. The summed E-state index contributed by atoms with van der Waals surface area (Å²) in [6, 6.07) is 4.03. The average Bonchev–Trinajstić information content (AvgIpc) is 3.01. The number of aliphatic hydroxyl groups excluding tert-OH is 1. The number of aryl methyl sites for hydroxylation is 2. The van der Waals surface area contributed by atoms with Gasteiger partial charge in [-0.2, -0.15) is 5.10 Å². The van der Waals surface area contributed by atoms with Crippen LogP contribution in [0.1, 0.15) is 37.6 Å². The Morgan fingerprint density at radius 2 is 2.19 bits per heavy atom. The minimum atomic E-state index is -0.728. The van der Waals surface area contributed by atoms with Gasteiger partial charge in [-0.25, -0.2) is 0 Å². The molecule has 1 unspecified atom stereocenters. The molecule has 0 spiro atoms. The smallest absolute Gasteiger partial charge is 0.303 e. The predicted molar refractivity (Wildman–Crippen MR) is 98.9 cm³/mol. The van der Waals surface area contributed by atoms with Crippen LogP contribution in [0.4, 0.5) is 5.69 Å². The van der Waals surface area contributed by atoms with Crippen LogP contribution in [0.15, 0.2) is 18.3 Å². The largest absolute Gasteiger partial charge is 0.481 e. The summed E-state index contributed by atoms with van der Waals surface area (Å²) in [5.41, 5.74) is 4.47. The van der Waals surface area contributed by atoms with E-state index in [0.29, 0.717) is 0 Å². The van der Waals surface area contributed by atoms with E-state index in [1.807, 2.05) is 6.07 Å². The molecular formula is C19H26N4O3. The van der Waals surface area contributed by atoms with Crippen molar-refractivity contribution in [2.75, 3.05) is 18.0 Å². The number of carboxylic acid groups (broad SMARTS) is 1. The second-order valence-corrected chi connectivity index (χ2v) is 6.85. The zero-order valence-corrected chi connectivity index (χ0v) is 15.4. The van der Waals surface area contributed by atoms with Crippen molar-refractivity contribution in [3.05, 3.63) is 29.7 Å². The molecule has 1 aliphatic rings. The molecule has 2 aromatic heterocycles. The maximum atomic E-state index is 11.0. The Morgan fingerprint density at radius 1 is 1.38 bits per heavy atom. The highest BCUT2D eigenvalue weighted by molar-refractivity contribution is 5.68. The van der Waals surface area contributed by atoms with E-state index in [1.54, 1.807) is 17.9 Å². The number of anilines is 1. The SMILES string of the molecule is CCc1nc(-c2cnn(C)c2CO)ccc1N1CCCC(CC(=O)O)C1. The maximum absolute atomic E-state index is 11.0. The Hall–Kier alpha value is -2.41. The van der Waals surface area contributed by atoms with E-state index in [4.69, 9.17) is 10.1 Å². The minimum absolute atomic E-state index is 0.0836. The molecule has 1 saturated heterocycles. The molecule has 2 aromatic rings. The number of carbonyl (C=O) groups is 1. The normalized spacial score (nSPS) is 17.5. The highest BCUT2D eigenvalue weighted by Gasteiger charge is 2.24. The summed E-state index contributed by atoms with van der Waals surface area (Å²) in [5.74, 6) is -0.543. The first-order chi connectivity index (χ1) is 12.5. The van der Waals surface area contributed by atoms with Crippen molar-refractivity contribution in [2.45, 2.75) is 39.2 Å². The van der Waals surface area contributed by atoms with Crippen molar-refractivity contribution in [1.82, 2.24) is 14.8 Å². The molecule has 7 nitrogen and oxygen atoms in total. The Morgan fingerprint density at radius 3 is 2.88 bits per heavy atom. The third-order valence-electron chi connectivity index (χ3n) is 5.10. The molecule has 7 heteroatoms. The van der Waals surface area contributed by atoms with E-state index < -0.39 is 5.97 Å². The van der Waals surface area contributed by atoms with Crippen molar-refractivity contribution in [3.63, 3.8) is 0 Å². The fourth-order valence-corrected chi connectivity index (χ4v) is 3.75. The zero-order chi connectivity index (χ0) is 18.7. The van der Waals surface area contributed by atoms with E-state index in [-0.39, 0.29) is 18.9 Å². The summed E-state index contributed by atoms with van der Waals surface area (Å²) >= 11 is 0. The van der Waals surface area contributed by atoms with Gasteiger partial charge in [0.05, 0.1) is 35.6 Å². The number of aliphatic carboxylic acids is 1. The van der Waals surface area contributed by atoms with Crippen molar-refractivity contribution < 1.29 is 15.0 Å². The summed E-state index contributed by atoms with van der Waals surface area (Å²) in [6.07, 6.45) is 4.71. The van der Waals surface area contributed by atoms with Crippen LogP contribution in [0.2, 0.25) is 0 Å². The number of nitrogens with zero attached hydrogens (tertiary/aromatic N) is 4. The van der Waals surface area contributed by atoms with Gasteiger partial charge in [0.25, 0.3) is 0 Å². The van der Waals surface area contributed by atoms with Crippen molar-refractivity contribution in [3.8, 4) is 11.3 Å². The van der Waals surface area contributed by atoms with Crippen molar-refractivity contribution in [2.24, 2.45) is 13.0 Å². The molecule has 1 fully saturated rings. The van der Waals surface area contributed by atoms with Crippen LogP contribution in [0, 0.1) is 5.92 Å². The minimum Gasteiger partial charge on any atom is -0.481 e. The first kappa shape index (κ1) is 18.4. The van der Waals surface area contributed by atoms with Gasteiger partial charge in [0.15, 0.2) is 0 Å². The maximum Gasteiger partial charge on any atom is 0.303 e. The first-order valence-corrected chi connectivity index (χ1v) is 9.12. The summed E-state index contributed by atoms with van der Waals surface area (Å²) < 4.78 is 1.66. The van der Waals surface area contributed by atoms with Gasteiger partial charge in [-0.15, -0.1) is 0 Å². The number of aromatic nitrogens is 3. The molecule has 0 bridgehead atoms. The fourth-order valence-electron chi connectivity index (χ4n) is 3.75. The molecule has 1 aliphatic heterocycles. The third kappa shape index (κ3) is 3.72. The highest BCUT2D eigenvalue weighted by atomic mass is 16.4. The summed E-state index contributed by atoms with van der Waals surface area (Å²) in [4.78, 5) is 18.1. The van der Waals surface area contributed by atoms with E-state index in [2.05, 4.69) is 23.0 Å². The molecule has 2 N–H and O–H groups in total. The standard InChI is InChI=1S/C19H26N4O3/c1-3-15-17(23-8-4-5-13(11-23)9-19(25)26)7-6-16(21-15)14-10-20-22(2)18(14)12-24/h6-7,10,13,24H,3-5,8-9,11-12H2,1-2H3,(H,25,26). The lowest BCUT2D eigenvalue weighted by Gasteiger charge is -2.34. The van der Waals surface area contributed by atoms with E-state index in [9.17, 15) is 9.90 Å². The lowest BCUT2D eigenvalue weighted by molar-refractivity contribution is -0.138. The van der Waals surface area contributed by atoms with Crippen LogP contribution >= 0.6 is 0 Å². The first-order valence-electron chi connectivity index (χ1n) is 9.12. The van der Waals surface area contributed by atoms with Crippen LogP contribution in [-0.2, 0) is 24.9 Å². The molecule has 0 radical (unpaired) electrons. The molecule has 26 heavy (non-hydrogen) atoms. The molecule has 3 rings (SSSR count). The Labute approximate surface area is 153 Å². The van der Waals surface area contributed by atoms with Gasteiger partial charge >= 0.3 is 5.97 Å². The highest BCUT2D eigenvalue weighted by Crippen LogP contribution is 2.30. The van der Waals surface area contributed by atoms with Gasteiger partial charge in [0.2, 0.25) is 0 Å². The third-order valence-corrected chi connectivity index (χ3v) is 5.10. The summed E-state index contributed by atoms with van der Waals surface area (Å²) in [6.45, 7) is 3.68. The molecule has 1 atom stereocenters. The van der Waals surface area contributed by atoms with Crippen molar-refractivity contribution >= 4 is 11.7 Å². The van der Waals surface area contributed by atoms with Gasteiger partial charge in [0.1, 0.15) is 0 Å². The van der Waals surface area contributed by atoms with Crippen LogP contribution in [-0.4, -0.2) is 44.0 Å². The van der Waals surface area contributed by atoms with Gasteiger partial charge in [0, 0.05) is 32.1 Å². The number of rotatable bonds is 6. The zero-order valence-electron chi connectivity index (χ0n) is 15.4. The number of hydrogen-bond acceptors (Lipinski definition) is 5. The number of pyridine rings is 1. The van der Waals surface area contributed by atoms with Gasteiger partial charge in [-0.1, -0.05) is 6.92 Å². The lowest BCUT2D eigenvalue weighted by atomic mass is 9.94. The number of carboxylic acids is 1. The molecule has 3 heterocycles. The Bertz CT molecular complexity index is 787. The number of hydrogen-bond donors (Lipinski definition) is 2. The van der Waals surface area contributed by atoms with E-state index >= 15 is 0 Å². The van der Waals surface area contributed by atoms with Gasteiger partial charge in [-0.3, -0.25) is 14.5 Å². The lowest BCUT2D eigenvalue weighted by Crippen LogP contribution is -2.37. The van der Waals surface area contributed by atoms with Gasteiger partial charge in [-0.05, 0) is 37.3 Å². The van der Waals surface area contributed by atoms with Crippen LogP contribution in [0.25, 0.3) is 11.3 Å². The molecular weight excluding hydrogens is 332 g/mol. The van der Waals surface area contributed by atoms with Gasteiger partial charge < -0.3 is 15.1 Å². The summed E-state index contributed by atoms with van der Waals surface area (Å²) in [5, 5.41) is 22.9. The molecule has 0 saturated carbocycles. The Kier molecular flexibility index (Phi) is 5.56. The summed E-state index contributed by atoms with van der Waals surface area (Å²) in [7, 11) is 1.81. The topological polar surface area (TPSA) is 91.5 Å². The molecule has 0 aliphatic carbocycles. The monoisotopic (exact) mass is 358 g/mol. The number of aliphatic hydroxyl groups is 1. The fraction of sp³-hybridized carbons (Fsp3) is 0.526. The van der Waals surface area contributed by atoms with Crippen molar-refractivity contribution in [1.29, 1.82) is 0 Å². The van der Waals surface area contributed by atoms with Crippen LogP contribution in [0.3, 0.4) is 0 Å². The Balaban J connectivity index is 1.88. The van der Waals surface area contributed by atoms with E-state index in [0.717, 1.165) is 60.7 Å². The second-order valence-electron chi connectivity index (χ2n) is 6.85. The predicted octanol–water partition coefficient (Wildman–Crippen LogP) is 2.23. The van der Waals surface area contributed by atoms with Crippen LogP contribution in [0.5, 0.6) is 0 Å².